The molecule has 0 aromatic carbocycles. The first-order chi connectivity index (χ1) is 7.56. The molecule has 6 nitrogen and oxygen atoms in total. The van der Waals surface area contributed by atoms with Crippen molar-refractivity contribution >= 4 is 17.8 Å². The van der Waals surface area contributed by atoms with Crippen LogP contribution in [0.5, 0.6) is 0 Å². The second-order valence-electron chi connectivity index (χ2n) is 3.65. The number of carbonyl (C=O) groups is 3. The van der Waals surface area contributed by atoms with E-state index in [1.165, 1.54) is 0 Å². The average molecular weight is 229 g/mol. The Bertz CT molecular complexity index is 286. The lowest BCUT2D eigenvalue weighted by molar-refractivity contribution is -0.203. The smallest absolute Gasteiger partial charge is 0.361 e. The summed E-state index contributed by atoms with van der Waals surface area (Å²) in [6.45, 7) is 1.92. The van der Waals surface area contributed by atoms with Gasteiger partial charge in [0.05, 0.1) is 0 Å². The van der Waals surface area contributed by atoms with Gasteiger partial charge in [-0.25, -0.2) is 4.79 Å². The second-order valence-corrected chi connectivity index (χ2v) is 3.65. The minimum atomic E-state index is -1.28. The highest BCUT2D eigenvalue weighted by Gasteiger charge is 2.34. The van der Waals surface area contributed by atoms with Crippen LogP contribution in [0.15, 0.2) is 0 Å². The second kappa shape index (κ2) is 5.60. The predicted molar refractivity (Wildman–Crippen MR) is 52.7 cm³/mol. The first-order valence-corrected chi connectivity index (χ1v) is 5.32. The maximum absolute atomic E-state index is 11.3. The van der Waals surface area contributed by atoms with Gasteiger partial charge in [-0.15, -0.1) is 5.06 Å². The molecule has 1 fully saturated rings. The molecule has 6 heteroatoms. The molecule has 0 radical (unpaired) electrons. The summed E-state index contributed by atoms with van der Waals surface area (Å²) in [5.74, 6) is -2.03. The molecule has 0 bridgehead atoms. The lowest BCUT2D eigenvalue weighted by Crippen LogP contribution is -2.36. The molecule has 0 aliphatic carbocycles. The van der Waals surface area contributed by atoms with E-state index in [9.17, 15) is 19.5 Å². The van der Waals surface area contributed by atoms with Crippen LogP contribution in [0.2, 0.25) is 0 Å². The topological polar surface area (TPSA) is 83.9 Å². The fourth-order valence-corrected chi connectivity index (χ4v) is 1.32. The fourth-order valence-electron chi connectivity index (χ4n) is 1.32. The molecule has 16 heavy (non-hydrogen) atoms. The molecule has 0 spiro atoms. The highest BCUT2D eigenvalue weighted by Crippen LogP contribution is 2.13. The van der Waals surface area contributed by atoms with Crippen LogP contribution in [0.4, 0.5) is 0 Å². The summed E-state index contributed by atoms with van der Waals surface area (Å²) >= 11 is 0. The molecule has 1 atom stereocenters. The summed E-state index contributed by atoms with van der Waals surface area (Å²) < 4.78 is 0. The predicted octanol–water partition coefficient (Wildman–Crippen LogP) is 0.145. The Hall–Kier alpha value is -1.43. The largest absolute Gasteiger partial charge is 0.381 e. The number of hydrogen-bond donors (Lipinski definition) is 1. The molecule has 1 rings (SSSR count). The van der Waals surface area contributed by atoms with Gasteiger partial charge in [0.25, 0.3) is 11.8 Å². The van der Waals surface area contributed by atoms with Crippen molar-refractivity contribution in [3.8, 4) is 0 Å². The number of rotatable bonds is 5. The van der Waals surface area contributed by atoms with E-state index in [2.05, 4.69) is 4.84 Å². The Morgan fingerprint density at radius 3 is 2.50 bits per heavy atom. The third-order valence-corrected chi connectivity index (χ3v) is 2.29. The molecule has 1 aliphatic heterocycles. The van der Waals surface area contributed by atoms with E-state index in [4.69, 9.17) is 0 Å². The summed E-state index contributed by atoms with van der Waals surface area (Å²) in [7, 11) is 0. The quantitative estimate of drug-likeness (QED) is 0.678. The van der Waals surface area contributed by atoms with Crippen molar-refractivity contribution in [3.63, 3.8) is 0 Å². The van der Waals surface area contributed by atoms with E-state index in [1.807, 2.05) is 6.92 Å². The maximum atomic E-state index is 11.3. The Labute approximate surface area is 93.1 Å². The van der Waals surface area contributed by atoms with Crippen LogP contribution in [0, 0.1) is 0 Å². The van der Waals surface area contributed by atoms with Crippen molar-refractivity contribution in [2.24, 2.45) is 0 Å². The number of aliphatic hydroxyl groups is 1. The van der Waals surface area contributed by atoms with Gasteiger partial charge in [-0.05, 0) is 6.42 Å². The van der Waals surface area contributed by atoms with Crippen molar-refractivity contribution in [1.29, 1.82) is 0 Å². The Morgan fingerprint density at radius 1 is 1.44 bits per heavy atom. The molecular weight excluding hydrogens is 214 g/mol. The van der Waals surface area contributed by atoms with Crippen LogP contribution in [0.3, 0.4) is 0 Å². The minimum Gasteiger partial charge on any atom is -0.381 e. The van der Waals surface area contributed by atoms with Gasteiger partial charge in [0, 0.05) is 12.8 Å². The molecule has 1 N–H and O–H groups in total. The monoisotopic (exact) mass is 229 g/mol. The van der Waals surface area contributed by atoms with Gasteiger partial charge < -0.3 is 9.94 Å². The molecule has 1 saturated heterocycles. The fraction of sp³-hybridized carbons (Fsp3) is 0.700. The van der Waals surface area contributed by atoms with Crippen LogP contribution in [0.1, 0.15) is 39.0 Å². The van der Waals surface area contributed by atoms with Gasteiger partial charge in [0.15, 0.2) is 6.10 Å². The van der Waals surface area contributed by atoms with Crippen molar-refractivity contribution < 1.29 is 24.3 Å². The SMILES string of the molecule is CCCC[C@@H](O)C(=O)ON1C(=O)CCC1=O. The normalized spacial score (nSPS) is 17.8. The highest BCUT2D eigenvalue weighted by atomic mass is 16.7. The van der Waals surface area contributed by atoms with Gasteiger partial charge in [0.1, 0.15) is 0 Å². The van der Waals surface area contributed by atoms with Crippen LogP contribution in [-0.2, 0) is 19.2 Å². The van der Waals surface area contributed by atoms with Crippen LogP contribution in [0.25, 0.3) is 0 Å². The zero-order valence-corrected chi connectivity index (χ0v) is 9.14. The highest BCUT2D eigenvalue weighted by molar-refractivity contribution is 6.01. The van der Waals surface area contributed by atoms with Crippen LogP contribution in [-0.4, -0.2) is 34.1 Å². The molecule has 0 aromatic rings. The summed E-state index contributed by atoms with van der Waals surface area (Å²) in [6, 6.07) is 0. The van der Waals surface area contributed by atoms with Gasteiger partial charge in [-0.2, -0.15) is 0 Å². The molecule has 0 saturated carbocycles. The number of amides is 2. The summed E-state index contributed by atoms with van der Waals surface area (Å²) in [6.07, 6.45) is 0.616. The lowest BCUT2D eigenvalue weighted by atomic mass is 10.2. The standard InChI is InChI=1S/C10H15NO5/c1-2-3-4-7(12)10(15)16-11-8(13)5-6-9(11)14/h7,12H,2-6H2,1H3/t7-/m1/s1. The Balaban J connectivity index is 2.44. The van der Waals surface area contributed by atoms with Crippen molar-refractivity contribution in [3.05, 3.63) is 0 Å². The van der Waals surface area contributed by atoms with E-state index in [0.717, 1.165) is 6.42 Å². The van der Waals surface area contributed by atoms with E-state index in [1.54, 1.807) is 0 Å². The number of carbonyl (C=O) groups excluding carboxylic acids is 3. The molecule has 1 aliphatic rings. The van der Waals surface area contributed by atoms with Gasteiger partial charge >= 0.3 is 5.97 Å². The number of hydroxylamine groups is 2. The number of hydrogen-bond acceptors (Lipinski definition) is 5. The Morgan fingerprint density at radius 2 is 2.00 bits per heavy atom. The van der Waals surface area contributed by atoms with Gasteiger partial charge in [-0.3, -0.25) is 9.59 Å². The zero-order valence-electron chi connectivity index (χ0n) is 9.14. The van der Waals surface area contributed by atoms with Crippen molar-refractivity contribution in [1.82, 2.24) is 5.06 Å². The summed E-state index contributed by atoms with van der Waals surface area (Å²) in [5.41, 5.74) is 0. The zero-order chi connectivity index (χ0) is 12.1. The first-order valence-electron chi connectivity index (χ1n) is 5.32. The average Bonchev–Trinajstić information content (AvgIpc) is 2.57. The van der Waals surface area contributed by atoms with E-state index < -0.39 is 23.9 Å². The third-order valence-electron chi connectivity index (χ3n) is 2.29. The van der Waals surface area contributed by atoms with Crippen LogP contribution >= 0.6 is 0 Å². The van der Waals surface area contributed by atoms with Crippen molar-refractivity contribution in [2.75, 3.05) is 0 Å². The van der Waals surface area contributed by atoms with E-state index in [0.29, 0.717) is 11.5 Å². The minimum absolute atomic E-state index is 0.0527. The first kappa shape index (κ1) is 12.6. The number of nitrogens with zero attached hydrogens (tertiary/aromatic N) is 1. The van der Waals surface area contributed by atoms with E-state index in [-0.39, 0.29) is 19.3 Å². The van der Waals surface area contributed by atoms with Crippen LogP contribution < -0.4 is 0 Å². The van der Waals surface area contributed by atoms with Crippen molar-refractivity contribution in [2.45, 2.75) is 45.1 Å². The third kappa shape index (κ3) is 3.03. The molecule has 90 valence electrons. The van der Waals surface area contributed by atoms with E-state index >= 15 is 0 Å². The summed E-state index contributed by atoms with van der Waals surface area (Å²) in [5, 5.41) is 9.80. The maximum Gasteiger partial charge on any atom is 0.361 e. The molecule has 0 aromatic heterocycles. The molecule has 0 unspecified atom stereocenters. The van der Waals surface area contributed by atoms with Gasteiger partial charge in [0.2, 0.25) is 0 Å². The molecular formula is C10H15NO5. The number of imide groups is 1. The van der Waals surface area contributed by atoms with Gasteiger partial charge in [-0.1, -0.05) is 19.8 Å². The summed E-state index contributed by atoms with van der Waals surface area (Å²) in [4.78, 5) is 38.0. The Kier molecular flexibility index (Phi) is 4.42. The number of unbranched alkanes of at least 4 members (excludes halogenated alkanes) is 1. The number of aliphatic hydroxyl groups excluding tert-OH is 1. The lowest BCUT2D eigenvalue weighted by Gasteiger charge is -2.15. The molecule has 2 amide bonds. The molecule has 1 heterocycles.